The molecule has 1 heterocycles. The molecule has 0 aromatic rings. The van der Waals surface area contributed by atoms with Crippen molar-refractivity contribution in [2.45, 2.75) is 57.3 Å². The van der Waals surface area contributed by atoms with Crippen molar-refractivity contribution in [1.82, 2.24) is 0 Å². The summed E-state index contributed by atoms with van der Waals surface area (Å²) in [5, 5.41) is 19.6. The summed E-state index contributed by atoms with van der Waals surface area (Å²) < 4.78 is 11.0. The maximum Gasteiger partial charge on any atom is 0.0819 e. The summed E-state index contributed by atoms with van der Waals surface area (Å²) in [5.41, 5.74) is 6.08. The van der Waals surface area contributed by atoms with E-state index < -0.39 is 0 Å². The van der Waals surface area contributed by atoms with Gasteiger partial charge in [-0.05, 0) is 31.6 Å². The smallest absolute Gasteiger partial charge is 0.0819 e. The zero-order valence-corrected chi connectivity index (χ0v) is 12.8. The minimum absolute atomic E-state index is 0.0436. The molecular weight excluding hydrogens is 258 g/mol. The predicted octanol–water partition coefficient (Wildman–Crippen LogP) is 0.915. The van der Waals surface area contributed by atoms with Gasteiger partial charge in [-0.15, -0.1) is 0 Å². The number of hydrogen-bond donors (Lipinski definition) is 3. The topological polar surface area (TPSA) is 84.9 Å². The molecule has 0 aromatic carbocycles. The van der Waals surface area contributed by atoms with Crippen LogP contribution in [0, 0.1) is 11.8 Å². The molecule has 0 bridgehead atoms. The van der Waals surface area contributed by atoms with Crippen LogP contribution in [0.4, 0.5) is 0 Å². The van der Waals surface area contributed by atoms with Gasteiger partial charge in [0.2, 0.25) is 0 Å². The van der Waals surface area contributed by atoms with Crippen LogP contribution in [0.15, 0.2) is 0 Å². The first-order chi connectivity index (χ1) is 9.58. The first kappa shape index (κ1) is 17.9. The van der Waals surface area contributed by atoms with Crippen LogP contribution < -0.4 is 5.73 Å². The Morgan fingerprint density at radius 2 is 1.90 bits per heavy atom. The Morgan fingerprint density at radius 1 is 1.15 bits per heavy atom. The Hall–Kier alpha value is -0.200. The second-order valence-electron chi connectivity index (χ2n) is 6.07. The number of ether oxygens (including phenoxy) is 2. The number of aliphatic hydroxyl groups excluding tert-OH is 2. The molecule has 20 heavy (non-hydrogen) atoms. The molecule has 1 aliphatic heterocycles. The van der Waals surface area contributed by atoms with E-state index in [0.717, 1.165) is 19.3 Å². The second-order valence-corrected chi connectivity index (χ2v) is 6.07. The summed E-state index contributed by atoms with van der Waals surface area (Å²) in [6.07, 6.45) is 3.51. The molecule has 0 saturated carbocycles. The lowest BCUT2D eigenvalue weighted by atomic mass is 9.87. The van der Waals surface area contributed by atoms with E-state index in [1.807, 2.05) is 0 Å². The van der Waals surface area contributed by atoms with Crippen LogP contribution >= 0.6 is 0 Å². The minimum Gasteiger partial charge on any atom is -0.396 e. The normalized spacial score (nSPS) is 38.0. The van der Waals surface area contributed by atoms with Gasteiger partial charge in [0.1, 0.15) is 0 Å². The molecule has 0 spiro atoms. The summed E-state index contributed by atoms with van der Waals surface area (Å²) in [6, 6.07) is -0.0656. The van der Waals surface area contributed by atoms with Gasteiger partial charge in [-0.3, -0.25) is 0 Å². The molecule has 1 rings (SSSR count). The molecule has 5 unspecified atom stereocenters. The van der Waals surface area contributed by atoms with E-state index in [4.69, 9.17) is 15.2 Å². The van der Waals surface area contributed by atoms with Crippen LogP contribution in [0.3, 0.4) is 0 Å². The van der Waals surface area contributed by atoms with Crippen LogP contribution in [0.1, 0.15) is 39.0 Å². The molecule has 5 heteroatoms. The number of hydrogen-bond acceptors (Lipinski definition) is 5. The Morgan fingerprint density at radius 3 is 2.50 bits per heavy atom. The fourth-order valence-electron chi connectivity index (χ4n) is 2.96. The van der Waals surface area contributed by atoms with Crippen LogP contribution in [0.25, 0.3) is 0 Å². The fourth-order valence-corrected chi connectivity index (χ4v) is 2.96. The highest BCUT2D eigenvalue weighted by Crippen LogP contribution is 2.24. The number of nitrogens with two attached hydrogens (primary N) is 1. The Bertz CT molecular complexity index is 252. The van der Waals surface area contributed by atoms with E-state index in [1.165, 1.54) is 0 Å². The largest absolute Gasteiger partial charge is 0.396 e. The molecule has 5 atom stereocenters. The van der Waals surface area contributed by atoms with Gasteiger partial charge in [0.15, 0.2) is 0 Å². The van der Waals surface area contributed by atoms with Crippen molar-refractivity contribution in [1.29, 1.82) is 0 Å². The van der Waals surface area contributed by atoms with E-state index in [1.54, 1.807) is 7.11 Å². The average molecular weight is 289 g/mol. The molecule has 1 saturated heterocycles. The third kappa shape index (κ3) is 6.50. The van der Waals surface area contributed by atoms with Gasteiger partial charge < -0.3 is 25.4 Å². The van der Waals surface area contributed by atoms with E-state index in [-0.39, 0.29) is 30.8 Å². The van der Waals surface area contributed by atoms with Crippen LogP contribution in [-0.4, -0.2) is 55.4 Å². The van der Waals surface area contributed by atoms with Crippen molar-refractivity contribution in [3.05, 3.63) is 0 Å². The predicted molar refractivity (Wildman–Crippen MR) is 78.4 cm³/mol. The Labute approximate surface area is 122 Å². The van der Waals surface area contributed by atoms with Crippen molar-refractivity contribution in [2.24, 2.45) is 17.6 Å². The molecule has 0 aromatic heterocycles. The summed E-state index contributed by atoms with van der Waals surface area (Å²) in [4.78, 5) is 0. The second kappa shape index (κ2) is 9.68. The summed E-state index contributed by atoms with van der Waals surface area (Å²) in [5.74, 6) is 0.549. The minimum atomic E-state index is -0.368. The third-order valence-electron chi connectivity index (χ3n) is 4.24. The van der Waals surface area contributed by atoms with Crippen LogP contribution in [0.2, 0.25) is 0 Å². The van der Waals surface area contributed by atoms with E-state index in [2.05, 4.69) is 6.92 Å². The fraction of sp³-hybridized carbons (Fsp3) is 1.00. The first-order valence-corrected chi connectivity index (χ1v) is 7.74. The highest BCUT2D eigenvalue weighted by Gasteiger charge is 2.23. The van der Waals surface area contributed by atoms with Crippen molar-refractivity contribution >= 4 is 0 Å². The van der Waals surface area contributed by atoms with Crippen LogP contribution in [-0.2, 0) is 9.47 Å². The molecular formula is C15H31NO4. The average Bonchev–Trinajstić information content (AvgIpc) is 2.42. The van der Waals surface area contributed by atoms with Gasteiger partial charge in [0, 0.05) is 25.7 Å². The lowest BCUT2D eigenvalue weighted by molar-refractivity contribution is -0.0246. The zero-order valence-electron chi connectivity index (χ0n) is 12.8. The quantitative estimate of drug-likeness (QED) is 0.719. The van der Waals surface area contributed by atoms with Gasteiger partial charge in [-0.25, -0.2) is 0 Å². The van der Waals surface area contributed by atoms with Crippen molar-refractivity contribution in [2.75, 3.05) is 26.9 Å². The van der Waals surface area contributed by atoms with Crippen molar-refractivity contribution in [3.8, 4) is 0 Å². The highest BCUT2D eigenvalue weighted by atomic mass is 16.5. The molecule has 1 aliphatic rings. The zero-order chi connectivity index (χ0) is 15.0. The maximum absolute atomic E-state index is 10.2. The highest BCUT2D eigenvalue weighted by molar-refractivity contribution is 4.76. The lowest BCUT2D eigenvalue weighted by Crippen LogP contribution is -2.35. The number of rotatable bonds is 3. The standard InChI is InChI=1S/C15H31NO4/c1-3-11-4-12(8-17)9-20-10-15(19-2)7-13(16)6-14(18)5-11/h11-15,17-18H,3-10,16H2,1-2H3. The van der Waals surface area contributed by atoms with Gasteiger partial charge in [-0.2, -0.15) is 0 Å². The summed E-state index contributed by atoms with van der Waals surface area (Å²) in [7, 11) is 1.65. The number of methoxy groups -OCH3 is 1. The summed E-state index contributed by atoms with van der Waals surface area (Å²) >= 11 is 0. The molecule has 0 radical (unpaired) electrons. The van der Waals surface area contributed by atoms with Gasteiger partial charge >= 0.3 is 0 Å². The van der Waals surface area contributed by atoms with E-state index >= 15 is 0 Å². The molecule has 4 N–H and O–H groups in total. The van der Waals surface area contributed by atoms with Crippen molar-refractivity contribution in [3.63, 3.8) is 0 Å². The van der Waals surface area contributed by atoms with Gasteiger partial charge in [0.05, 0.1) is 25.4 Å². The van der Waals surface area contributed by atoms with Gasteiger partial charge in [-0.1, -0.05) is 13.3 Å². The van der Waals surface area contributed by atoms with Crippen LogP contribution in [0.5, 0.6) is 0 Å². The molecule has 0 aliphatic carbocycles. The molecule has 0 amide bonds. The SMILES string of the molecule is CCC1CC(O)CC(N)CC(OC)COCC(CO)C1. The molecule has 120 valence electrons. The molecule has 1 fully saturated rings. The van der Waals surface area contributed by atoms with E-state index in [9.17, 15) is 10.2 Å². The van der Waals surface area contributed by atoms with E-state index in [0.29, 0.717) is 32.0 Å². The maximum atomic E-state index is 10.2. The Kier molecular flexibility index (Phi) is 8.64. The van der Waals surface area contributed by atoms with Crippen molar-refractivity contribution < 1.29 is 19.7 Å². The van der Waals surface area contributed by atoms with Gasteiger partial charge in [0.25, 0.3) is 0 Å². The monoisotopic (exact) mass is 289 g/mol. The summed E-state index contributed by atoms with van der Waals surface area (Å²) in [6.45, 7) is 3.29. The number of aliphatic hydroxyl groups is 2. The Balaban J connectivity index is 2.64. The molecule has 5 nitrogen and oxygen atoms in total. The third-order valence-corrected chi connectivity index (χ3v) is 4.24. The first-order valence-electron chi connectivity index (χ1n) is 7.74. The lowest BCUT2D eigenvalue weighted by Gasteiger charge is -2.28.